The summed E-state index contributed by atoms with van der Waals surface area (Å²) >= 11 is 1.41. The lowest BCUT2D eigenvalue weighted by Crippen LogP contribution is -2.36. The van der Waals surface area contributed by atoms with E-state index >= 15 is 0 Å². The molecule has 1 N–H and O–H groups in total. The number of rotatable bonds is 6. The lowest BCUT2D eigenvalue weighted by Gasteiger charge is -2.27. The molecule has 1 saturated carbocycles. The van der Waals surface area contributed by atoms with Crippen LogP contribution in [0.15, 0.2) is 48.8 Å². The second-order valence-electron chi connectivity index (χ2n) is 8.64. The van der Waals surface area contributed by atoms with Crippen molar-refractivity contribution < 1.29 is 14.3 Å². The van der Waals surface area contributed by atoms with Crippen LogP contribution in [0.25, 0.3) is 0 Å². The number of thiophene rings is 1. The monoisotopic (exact) mass is 472 g/mol. The maximum atomic E-state index is 13.0. The van der Waals surface area contributed by atoms with Gasteiger partial charge in [0, 0.05) is 29.7 Å². The molecule has 0 spiro atoms. The largest absolute Gasteiger partial charge is 0.497 e. The summed E-state index contributed by atoms with van der Waals surface area (Å²) in [4.78, 5) is 32.6. The van der Waals surface area contributed by atoms with E-state index in [1.165, 1.54) is 11.3 Å². The molecule has 0 saturated heterocycles. The lowest BCUT2D eigenvalue weighted by atomic mass is 10.0. The predicted octanol–water partition coefficient (Wildman–Crippen LogP) is 3.89. The van der Waals surface area contributed by atoms with Gasteiger partial charge in [0.2, 0.25) is 11.8 Å². The highest BCUT2D eigenvalue weighted by Crippen LogP contribution is 2.49. The number of amides is 2. The van der Waals surface area contributed by atoms with Crippen LogP contribution in [0.1, 0.15) is 39.5 Å². The van der Waals surface area contributed by atoms with Crippen molar-refractivity contribution >= 4 is 28.2 Å². The molecule has 1 aromatic carbocycles. The van der Waals surface area contributed by atoms with Crippen molar-refractivity contribution in [3.8, 4) is 11.8 Å². The Hall–Kier alpha value is -3.70. The van der Waals surface area contributed by atoms with Crippen molar-refractivity contribution in [2.45, 2.75) is 31.7 Å². The molecule has 34 heavy (non-hydrogen) atoms. The number of hydrogen-bond acceptors (Lipinski definition) is 6. The minimum Gasteiger partial charge on any atom is -0.497 e. The Kier molecular flexibility index (Phi) is 6.03. The summed E-state index contributed by atoms with van der Waals surface area (Å²) in [5, 5.41) is 13.4. The van der Waals surface area contributed by atoms with E-state index < -0.39 is 0 Å². The predicted molar refractivity (Wildman–Crippen MR) is 129 cm³/mol. The van der Waals surface area contributed by atoms with Gasteiger partial charge in [-0.3, -0.25) is 14.6 Å². The maximum absolute atomic E-state index is 13.0. The zero-order chi connectivity index (χ0) is 23.7. The van der Waals surface area contributed by atoms with Crippen LogP contribution in [-0.4, -0.2) is 35.4 Å². The third-order valence-corrected chi connectivity index (χ3v) is 7.62. The van der Waals surface area contributed by atoms with Crippen LogP contribution in [0, 0.1) is 17.2 Å². The highest BCUT2D eigenvalue weighted by Gasteiger charge is 2.44. The number of anilines is 1. The molecule has 172 valence electrons. The Morgan fingerprint density at radius 1 is 1.32 bits per heavy atom. The minimum atomic E-state index is -0.115. The van der Waals surface area contributed by atoms with Gasteiger partial charge in [0.1, 0.15) is 16.8 Å². The summed E-state index contributed by atoms with van der Waals surface area (Å²) in [7, 11) is 1.63. The average molecular weight is 473 g/mol. The Morgan fingerprint density at radius 2 is 2.21 bits per heavy atom. The van der Waals surface area contributed by atoms with Crippen molar-refractivity contribution in [2.24, 2.45) is 5.92 Å². The van der Waals surface area contributed by atoms with Crippen molar-refractivity contribution in [2.75, 3.05) is 19.0 Å². The Morgan fingerprint density at radius 3 is 2.97 bits per heavy atom. The SMILES string of the molecule is COc1cccc(C2CC2C(=O)Nc2sc3c(c2C#N)CCN(C(=O)Cc2cccnc2)C3)c1. The van der Waals surface area contributed by atoms with Crippen molar-refractivity contribution in [3.63, 3.8) is 0 Å². The van der Waals surface area contributed by atoms with Crippen molar-refractivity contribution in [3.05, 3.63) is 75.9 Å². The Labute approximate surface area is 202 Å². The molecule has 1 aliphatic carbocycles. The summed E-state index contributed by atoms with van der Waals surface area (Å²) in [6.45, 7) is 1.02. The number of carbonyl (C=O) groups is 2. The van der Waals surface area contributed by atoms with E-state index in [0.29, 0.717) is 36.5 Å². The molecule has 0 radical (unpaired) electrons. The highest BCUT2D eigenvalue weighted by atomic mass is 32.1. The number of nitrogens with one attached hydrogen (secondary N) is 1. The van der Waals surface area contributed by atoms with Crippen molar-refractivity contribution in [1.82, 2.24) is 9.88 Å². The number of benzene rings is 1. The molecule has 7 nitrogen and oxygen atoms in total. The molecule has 1 fully saturated rings. The summed E-state index contributed by atoms with van der Waals surface area (Å²) < 4.78 is 5.29. The molecule has 2 amide bonds. The first-order valence-corrected chi connectivity index (χ1v) is 12.0. The van der Waals surface area contributed by atoms with Gasteiger partial charge < -0.3 is 15.0 Å². The van der Waals surface area contributed by atoms with Crippen LogP contribution in [-0.2, 0) is 29.0 Å². The molecular weight excluding hydrogens is 448 g/mol. The zero-order valence-electron chi connectivity index (χ0n) is 18.8. The van der Waals surface area contributed by atoms with Crippen LogP contribution in [0.5, 0.6) is 5.75 Å². The van der Waals surface area contributed by atoms with Crippen LogP contribution in [0.3, 0.4) is 0 Å². The van der Waals surface area contributed by atoms with Gasteiger partial charge in [-0.1, -0.05) is 18.2 Å². The molecule has 2 aromatic heterocycles. The Balaban J connectivity index is 1.26. The van der Waals surface area contributed by atoms with Gasteiger partial charge >= 0.3 is 0 Å². The second kappa shape index (κ2) is 9.27. The fourth-order valence-corrected chi connectivity index (χ4v) is 5.76. The van der Waals surface area contributed by atoms with Gasteiger partial charge in [-0.25, -0.2) is 0 Å². The fraction of sp³-hybridized carbons (Fsp3) is 0.308. The molecule has 2 unspecified atom stereocenters. The summed E-state index contributed by atoms with van der Waals surface area (Å²) in [5.41, 5.74) is 3.46. The van der Waals surface area contributed by atoms with Gasteiger partial charge in [0.05, 0.1) is 25.6 Å². The number of carbonyl (C=O) groups excluding carboxylic acids is 2. The maximum Gasteiger partial charge on any atom is 0.228 e. The minimum absolute atomic E-state index is 0.0373. The van der Waals surface area contributed by atoms with Gasteiger partial charge in [0.25, 0.3) is 0 Å². The van der Waals surface area contributed by atoms with E-state index in [4.69, 9.17) is 4.74 Å². The number of nitrogens with zero attached hydrogens (tertiary/aromatic N) is 3. The number of nitriles is 1. The van der Waals surface area contributed by atoms with Crippen LogP contribution < -0.4 is 10.1 Å². The molecule has 5 rings (SSSR count). The first-order chi connectivity index (χ1) is 16.6. The van der Waals surface area contributed by atoms with E-state index in [-0.39, 0.29) is 23.7 Å². The standard InChI is InChI=1S/C26H24N4O3S/c1-33-18-6-2-5-17(11-18)20-12-21(20)25(32)29-26-22(13-27)19-7-9-30(15-23(19)34-26)24(31)10-16-4-3-8-28-14-16/h2-6,8,11,14,20-21H,7,9-10,12,15H2,1H3,(H,29,32). The first-order valence-electron chi connectivity index (χ1n) is 11.2. The first kappa shape index (κ1) is 22.1. The summed E-state index contributed by atoms with van der Waals surface area (Å²) in [6, 6.07) is 13.8. The quantitative estimate of drug-likeness (QED) is 0.587. The topological polar surface area (TPSA) is 95.3 Å². The normalized spacial score (nSPS) is 18.5. The number of ether oxygens (including phenoxy) is 1. The van der Waals surface area contributed by atoms with E-state index in [2.05, 4.69) is 16.4 Å². The van der Waals surface area contributed by atoms with Crippen molar-refractivity contribution in [1.29, 1.82) is 5.26 Å². The third kappa shape index (κ3) is 4.39. The van der Waals surface area contributed by atoms with Gasteiger partial charge in [-0.15, -0.1) is 11.3 Å². The summed E-state index contributed by atoms with van der Waals surface area (Å²) in [6.07, 6.45) is 5.08. The van der Waals surface area contributed by atoms with Crippen LogP contribution >= 0.6 is 11.3 Å². The zero-order valence-corrected chi connectivity index (χ0v) is 19.6. The van der Waals surface area contributed by atoms with Crippen LogP contribution in [0.2, 0.25) is 0 Å². The number of aromatic nitrogens is 1. The van der Waals surface area contributed by atoms with E-state index in [9.17, 15) is 14.9 Å². The van der Waals surface area contributed by atoms with Crippen LogP contribution in [0.4, 0.5) is 5.00 Å². The van der Waals surface area contributed by atoms with Gasteiger partial charge in [-0.2, -0.15) is 5.26 Å². The third-order valence-electron chi connectivity index (χ3n) is 6.49. The molecule has 8 heteroatoms. The molecule has 1 aliphatic heterocycles. The number of fused-ring (bicyclic) bond motifs is 1. The van der Waals surface area contributed by atoms with E-state index in [0.717, 1.165) is 33.7 Å². The highest BCUT2D eigenvalue weighted by molar-refractivity contribution is 7.16. The van der Waals surface area contributed by atoms with Gasteiger partial charge in [-0.05, 0) is 53.6 Å². The lowest BCUT2D eigenvalue weighted by molar-refractivity contribution is -0.131. The molecule has 2 atom stereocenters. The Bertz CT molecular complexity index is 1280. The van der Waals surface area contributed by atoms with E-state index in [1.54, 1.807) is 19.5 Å². The van der Waals surface area contributed by atoms with E-state index in [1.807, 2.05) is 41.3 Å². The molecule has 3 aromatic rings. The molecule has 3 heterocycles. The number of pyridine rings is 1. The molecule has 0 bridgehead atoms. The van der Waals surface area contributed by atoms with Gasteiger partial charge in [0.15, 0.2) is 0 Å². The molecule has 2 aliphatic rings. The number of hydrogen-bond donors (Lipinski definition) is 1. The average Bonchev–Trinajstić information content (AvgIpc) is 3.60. The summed E-state index contributed by atoms with van der Waals surface area (Å²) in [5.74, 6) is 0.803. The second-order valence-corrected chi connectivity index (χ2v) is 9.74. The number of methoxy groups -OCH3 is 1. The fourth-order valence-electron chi connectivity index (χ4n) is 4.54. The molecular formula is C26H24N4O3S. The smallest absolute Gasteiger partial charge is 0.228 e.